The molecule has 1 rings (SSSR count). The van der Waals surface area contributed by atoms with E-state index in [1.807, 2.05) is 0 Å². The monoisotopic (exact) mass is 196 g/mol. The van der Waals surface area contributed by atoms with Crippen molar-refractivity contribution in [3.05, 3.63) is 0 Å². The zero-order valence-corrected chi connectivity index (χ0v) is 7.59. The van der Waals surface area contributed by atoms with Crippen molar-refractivity contribution in [1.29, 1.82) is 0 Å². The van der Waals surface area contributed by atoms with E-state index in [0.717, 1.165) is 0 Å². The number of thioether (sulfide) groups is 1. The molecule has 0 saturated carbocycles. The lowest BCUT2D eigenvalue weighted by atomic mass is 9.93. The van der Waals surface area contributed by atoms with Crippen molar-refractivity contribution in [2.24, 2.45) is 0 Å². The molecular formula is C7H13FO3S. The molecule has 1 saturated heterocycles. The molecule has 1 aliphatic heterocycles. The van der Waals surface area contributed by atoms with Gasteiger partial charge in [-0.25, -0.2) is 4.39 Å². The summed E-state index contributed by atoms with van der Waals surface area (Å²) in [6.45, 7) is 0.431. The SMILES string of the molecule is C[C@@H]1S[C@H](CO)[C@@H](O)[C@]1(O)CF. The normalized spacial score (nSPS) is 48.2. The third kappa shape index (κ3) is 1.35. The number of hydrogen-bond donors (Lipinski definition) is 3. The molecule has 72 valence electrons. The Morgan fingerprint density at radius 3 is 2.42 bits per heavy atom. The van der Waals surface area contributed by atoms with Gasteiger partial charge in [-0.3, -0.25) is 0 Å². The Bertz CT molecular complexity index is 169. The second-order valence-electron chi connectivity index (χ2n) is 3.07. The van der Waals surface area contributed by atoms with Gasteiger partial charge < -0.3 is 15.3 Å². The van der Waals surface area contributed by atoms with Crippen LogP contribution in [0.2, 0.25) is 0 Å². The standard InChI is InChI=1S/C7H13FO3S/c1-4-7(11,3-8)6(10)5(2-9)12-4/h4-6,9-11H,2-3H2,1H3/t4-,5+,6+,7-/m0/s1. The van der Waals surface area contributed by atoms with E-state index in [9.17, 15) is 14.6 Å². The highest BCUT2D eigenvalue weighted by molar-refractivity contribution is 8.01. The maximum Gasteiger partial charge on any atom is 0.131 e. The highest BCUT2D eigenvalue weighted by Crippen LogP contribution is 2.41. The van der Waals surface area contributed by atoms with Crippen molar-refractivity contribution in [2.75, 3.05) is 13.3 Å². The summed E-state index contributed by atoms with van der Waals surface area (Å²) in [7, 11) is 0. The Morgan fingerprint density at radius 2 is 2.17 bits per heavy atom. The van der Waals surface area contributed by atoms with Crippen LogP contribution in [0.25, 0.3) is 0 Å². The molecule has 1 aliphatic rings. The van der Waals surface area contributed by atoms with Gasteiger partial charge in [0.25, 0.3) is 0 Å². The summed E-state index contributed by atoms with van der Waals surface area (Å²) in [5.74, 6) is 0. The molecule has 5 heteroatoms. The zero-order chi connectivity index (χ0) is 9.35. The summed E-state index contributed by atoms with van der Waals surface area (Å²) in [5.41, 5.74) is -1.68. The molecular weight excluding hydrogens is 183 g/mol. The number of aliphatic hydroxyl groups excluding tert-OH is 2. The fourth-order valence-electron chi connectivity index (χ4n) is 1.35. The van der Waals surface area contributed by atoms with Crippen molar-refractivity contribution in [3.63, 3.8) is 0 Å². The number of hydrogen-bond acceptors (Lipinski definition) is 4. The van der Waals surface area contributed by atoms with Crippen LogP contribution in [0.4, 0.5) is 4.39 Å². The number of alkyl halides is 1. The molecule has 0 aliphatic carbocycles. The average molecular weight is 196 g/mol. The lowest BCUT2D eigenvalue weighted by molar-refractivity contribution is -0.0806. The summed E-state index contributed by atoms with van der Waals surface area (Å²) in [4.78, 5) is 0. The third-order valence-corrected chi connectivity index (χ3v) is 3.91. The van der Waals surface area contributed by atoms with E-state index < -0.39 is 23.6 Å². The molecule has 0 bridgehead atoms. The van der Waals surface area contributed by atoms with Gasteiger partial charge in [-0.1, -0.05) is 6.92 Å². The van der Waals surface area contributed by atoms with Gasteiger partial charge in [-0.05, 0) is 0 Å². The molecule has 0 radical (unpaired) electrons. The lowest BCUT2D eigenvalue weighted by Crippen LogP contribution is -2.49. The summed E-state index contributed by atoms with van der Waals surface area (Å²) in [6, 6.07) is 0. The highest BCUT2D eigenvalue weighted by Gasteiger charge is 2.52. The van der Waals surface area contributed by atoms with Crippen molar-refractivity contribution in [1.82, 2.24) is 0 Å². The van der Waals surface area contributed by atoms with Crippen LogP contribution in [0.15, 0.2) is 0 Å². The molecule has 3 nitrogen and oxygen atoms in total. The number of halogens is 1. The summed E-state index contributed by atoms with van der Waals surface area (Å²) in [6.07, 6.45) is -1.17. The van der Waals surface area contributed by atoms with Crippen LogP contribution in [-0.4, -0.2) is 50.8 Å². The summed E-state index contributed by atoms with van der Waals surface area (Å²) in [5, 5.41) is 26.9. The largest absolute Gasteiger partial charge is 0.395 e. The van der Waals surface area contributed by atoms with Gasteiger partial charge in [-0.15, -0.1) is 11.8 Å². The highest BCUT2D eigenvalue weighted by atomic mass is 32.2. The molecule has 1 heterocycles. The van der Waals surface area contributed by atoms with Gasteiger partial charge in [-0.2, -0.15) is 0 Å². The predicted molar refractivity (Wildman–Crippen MR) is 44.9 cm³/mol. The minimum absolute atomic E-state index is 0.238. The zero-order valence-electron chi connectivity index (χ0n) is 6.77. The van der Waals surface area contributed by atoms with Crippen molar-refractivity contribution in [3.8, 4) is 0 Å². The van der Waals surface area contributed by atoms with E-state index in [1.54, 1.807) is 6.92 Å². The molecule has 0 unspecified atom stereocenters. The predicted octanol–water partition coefficient (Wildman–Crippen LogP) is -0.456. The Labute approximate surface area is 74.6 Å². The van der Waals surface area contributed by atoms with Crippen molar-refractivity contribution >= 4 is 11.8 Å². The van der Waals surface area contributed by atoms with Gasteiger partial charge in [0, 0.05) is 5.25 Å². The molecule has 1 fully saturated rings. The summed E-state index contributed by atoms with van der Waals surface area (Å²) >= 11 is 1.22. The maximum atomic E-state index is 12.4. The topological polar surface area (TPSA) is 60.7 Å². The quantitative estimate of drug-likeness (QED) is 0.559. The van der Waals surface area contributed by atoms with Gasteiger partial charge in [0.15, 0.2) is 0 Å². The Morgan fingerprint density at radius 1 is 1.58 bits per heavy atom. The molecule has 0 spiro atoms. The average Bonchev–Trinajstić information content (AvgIpc) is 2.30. The van der Waals surface area contributed by atoms with Crippen LogP contribution in [0.5, 0.6) is 0 Å². The second-order valence-corrected chi connectivity index (χ2v) is 4.65. The van der Waals surface area contributed by atoms with Crippen LogP contribution in [0.1, 0.15) is 6.92 Å². The van der Waals surface area contributed by atoms with Crippen LogP contribution >= 0.6 is 11.8 Å². The first-order chi connectivity index (χ1) is 5.56. The van der Waals surface area contributed by atoms with Crippen LogP contribution in [-0.2, 0) is 0 Å². The van der Waals surface area contributed by atoms with Gasteiger partial charge in [0.2, 0.25) is 0 Å². The Kier molecular flexibility index (Phi) is 2.98. The van der Waals surface area contributed by atoms with E-state index in [1.165, 1.54) is 11.8 Å². The number of aliphatic hydroxyl groups is 3. The molecule has 4 atom stereocenters. The van der Waals surface area contributed by atoms with Crippen molar-refractivity contribution < 1.29 is 19.7 Å². The smallest absolute Gasteiger partial charge is 0.131 e. The van der Waals surface area contributed by atoms with E-state index in [-0.39, 0.29) is 11.9 Å². The lowest BCUT2D eigenvalue weighted by Gasteiger charge is -2.27. The Hall–Kier alpha value is 0.160. The first-order valence-corrected chi connectivity index (χ1v) is 4.73. The molecule has 3 N–H and O–H groups in total. The van der Waals surface area contributed by atoms with E-state index in [4.69, 9.17) is 5.11 Å². The third-order valence-electron chi connectivity index (χ3n) is 2.34. The second kappa shape index (κ2) is 3.49. The van der Waals surface area contributed by atoms with E-state index in [2.05, 4.69) is 0 Å². The van der Waals surface area contributed by atoms with Crippen LogP contribution < -0.4 is 0 Å². The van der Waals surface area contributed by atoms with Gasteiger partial charge in [0.05, 0.1) is 11.9 Å². The molecule has 0 amide bonds. The van der Waals surface area contributed by atoms with E-state index in [0.29, 0.717) is 0 Å². The molecule has 0 aromatic rings. The first kappa shape index (κ1) is 10.2. The first-order valence-electron chi connectivity index (χ1n) is 3.79. The van der Waals surface area contributed by atoms with Crippen molar-refractivity contribution in [2.45, 2.75) is 29.1 Å². The van der Waals surface area contributed by atoms with E-state index >= 15 is 0 Å². The van der Waals surface area contributed by atoms with Gasteiger partial charge >= 0.3 is 0 Å². The fraction of sp³-hybridized carbons (Fsp3) is 1.00. The Balaban J connectivity index is 2.76. The van der Waals surface area contributed by atoms with Crippen LogP contribution in [0.3, 0.4) is 0 Å². The minimum atomic E-state index is -1.68. The molecule has 0 aromatic heterocycles. The van der Waals surface area contributed by atoms with Crippen LogP contribution in [0, 0.1) is 0 Å². The summed E-state index contributed by atoms with van der Waals surface area (Å²) < 4.78 is 12.4. The molecule has 12 heavy (non-hydrogen) atoms. The maximum absolute atomic E-state index is 12.4. The molecule has 0 aromatic carbocycles. The minimum Gasteiger partial charge on any atom is -0.395 e. The van der Waals surface area contributed by atoms with Gasteiger partial charge in [0.1, 0.15) is 18.4 Å². The fourth-order valence-corrected chi connectivity index (χ4v) is 2.78. The number of rotatable bonds is 2.